The van der Waals surface area contributed by atoms with Gasteiger partial charge < -0.3 is 20.1 Å². The van der Waals surface area contributed by atoms with Crippen molar-refractivity contribution in [1.82, 2.24) is 14.5 Å². The summed E-state index contributed by atoms with van der Waals surface area (Å²) in [6.07, 6.45) is -3.08. The molecule has 15 heteroatoms. The Morgan fingerprint density at radius 1 is 1.06 bits per heavy atom. The highest BCUT2D eigenvalue weighted by molar-refractivity contribution is 7.92. The monoisotopic (exact) mass is 708 g/mol. The molecule has 5 rings (SSSR count). The van der Waals surface area contributed by atoms with E-state index in [1.807, 2.05) is 0 Å². The largest absolute Gasteiger partial charge is 0.490 e. The number of hydrogen-bond donors (Lipinski definition) is 2. The highest BCUT2D eigenvalue weighted by Gasteiger charge is 2.47. The molecule has 2 aromatic rings. The van der Waals surface area contributed by atoms with Crippen LogP contribution in [-0.4, -0.2) is 90.5 Å². The fraction of sp³-hybridized carbons (Fsp3) is 0.500. The lowest BCUT2D eigenvalue weighted by atomic mass is 9.89. The van der Waals surface area contributed by atoms with E-state index < -0.39 is 45.5 Å². The van der Waals surface area contributed by atoms with Gasteiger partial charge in [0, 0.05) is 49.1 Å². The van der Waals surface area contributed by atoms with Crippen LogP contribution < -0.4 is 10.1 Å². The van der Waals surface area contributed by atoms with Crippen LogP contribution in [0.25, 0.3) is 6.08 Å². The Hall–Kier alpha value is -3.82. The van der Waals surface area contributed by atoms with Gasteiger partial charge in [0.05, 0.1) is 12.2 Å². The number of carbonyl (C=O) groups is 2. The Morgan fingerprint density at radius 3 is 2.31 bits per heavy atom. The van der Waals surface area contributed by atoms with Gasteiger partial charge in [0.1, 0.15) is 11.4 Å². The summed E-state index contributed by atoms with van der Waals surface area (Å²) in [7, 11) is -3.88. The molecule has 0 atom stereocenters. The minimum absolute atomic E-state index is 0.0159. The molecule has 0 unspecified atom stereocenters. The molecule has 0 saturated carbocycles. The van der Waals surface area contributed by atoms with Gasteiger partial charge >= 0.3 is 6.18 Å². The number of benzene rings is 2. The zero-order chi connectivity index (χ0) is 35.8. The summed E-state index contributed by atoms with van der Waals surface area (Å²) in [5.74, 6) is -1.47. The van der Waals surface area contributed by atoms with Crippen LogP contribution in [0.4, 0.5) is 17.6 Å². The van der Waals surface area contributed by atoms with Gasteiger partial charge in [0.25, 0.3) is 11.8 Å². The van der Waals surface area contributed by atoms with Crippen LogP contribution in [0.2, 0.25) is 0 Å². The molecule has 3 heterocycles. The lowest BCUT2D eigenvalue weighted by molar-refractivity contribution is -0.136. The number of alkyl halides is 3. The Kier molecular flexibility index (Phi) is 10.3. The van der Waals surface area contributed by atoms with E-state index in [0.29, 0.717) is 42.6 Å². The van der Waals surface area contributed by atoms with E-state index in [-0.39, 0.29) is 56.5 Å². The van der Waals surface area contributed by atoms with E-state index >= 15 is 0 Å². The number of aryl methyl sites for hydroxylation is 2. The average molecular weight is 709 g/mol. The van der Waals surface area contributed by atoms with Gasteiger partial charge in [0.15, 0.2) is 11.6 Å². The lowest BCUT2D eigenvalue weighted by Crippen LogP contribution is -2.50. The fourth-order valence-electron chi connectivity index (χ4n) is 6.29. The zero-order valence-electron chi connectivity index (χ0n) is 27.6. The Balaban J connectivity index is 1.22. The van der Waals surface area contributed by atoms with Gasteiger partial charge in [-0.25, -0.2) is 12.8 Å². The number of sulfonamides is 1. The van der Waals surface area contributed by atoms with Gasteiger partial charge in [-0.2, -0.15) is 17.5 Å². The first-order valence-electron chi connectivity index (χ1n) is 16.1. The lowest BCUT2D eigenvalue weighted by Gasteiger charge is -2.36. The number of nitrogens with zero attached hydrogens (tertiary/aromatic N) is 3. The van der Waals surface area contributed by atoms with Crippen LogP contribution in [0.5, 0.6) is 5.75 Å². The summed E-state index contributed by atoms with van der Waals surface area (Å²) < 4.78 is 84.7. The number of hydrogen-bond acceptors (Lipinski definition) is 7. The van der Waals surface area contributed by atoms with Crippen LogP contribution in [0.1, 0.15) is 78.1 Å². The molecule has 1 spiro atoms. The van der Waals surface area contributed by atoms with Crippen molar-refractivity contribution in [1.29, 1.82) is 0 Å². The number of rotatable bonds is 9. The van der Waals surface area contributed by atoms with E-state index in [2.05, 4.69) is 10.3 Å². The van der Waals surface area contributed by atoms with Gasteiger partial charge in [-0.05, 0) is 106 Å². The van der Waals surface area contributed by atoms with Crippen LogP contribution in [-0.2, 0) is 14.8 Å². The molecule has 2 aromatic carbocycles. The Bertz CT molecular complexity index is 1750. The second-order valence-corrected chi connectivity index (χ2v) is 15.0. The van der Waals surface area contributed by atoms with Gasteiger partial charge in [-0.1, -0.05) is 0 Å². The molecular weight excluding hydrogens is 668 g/mol. The number of nitrogens with one attached hydrogen (secondary N) is 1. The highest BCUT2D eigenvalue weighted by atomic mass is 32.2. The molecule has 0 aliphatic carbocycles. The first-order chi connectivity index (χ1) is 22.9. The number of amidine groups is 1. The summed E-state index contributed by atoms with van der Waals surface area (Å²) in [5.41, 5.74) is 0.926. The second kappa shape index (κ2) is 13.8. The first-order valence-corrected chi connectivity index (χ1v) is 17.6. The zero-order valence-corrected chi connectivity index (χ0v) is 28.4. The van der Waals surface area contributed by atoms with Crippen LogP contribution in [0.15, 0.2) is 40.7 Å². The molecule has 2 N–H and O–H groups in total. The number of aliphatic hydroxyl groups is 1. The number of halogens is 4. The van der Waals surface area contributed by atoms with Crippen molar-refractivity contribution >= 4 is 33.7 Å². The number of ether oxygens (including phenoxy) is 1. The number of carbonyl (C=O) groups excluding carboxylic acids is 2. The molecule has 0 aromatic heterocycles. The molecule has 0 bridgehead atoms. The summed E-state index contributed by atoms with van der Waals surface area (Å²) in [4.78, 5) is 32.5. The molecule has 2 saturated heterocycles. The van der Waals surface area contributed by atoms with E-state index in [0.717, 1.165) is 22.6 Å². The standard InChI is InChI=1S/C34H40F4N4O6S/c1-22-19-25(30(43)41-13-9-32(3,45)10-14-41)20-23(2)26(22)7-18-49(46,47)42-15-11-33(12-16-42)31(44)39-29(40-33)24-5-6-27(35)28(21-24)48-17-4-8-34(36,37)38/h5-7,18-21,45H,4,8-17H2,1-3H3,(H,39,40,44)/b18-7+. The molecule has 2 amide bonds. The van der Waals surface area contributed by atoms with Gasteiger partial charge in [-0.3, -0.25) is 14.6 Å². The van der Waals surface area contributed by atoms with Gasteiger partial charge in [0.2, 0.25) is 10.0 Å². The van der Waals surface area contributed by atoms with Crippen molar-refractivity contribution in [3.63, 3.8) is 0 Å². The quantitative estimate of drug-likeness (QED) is 0.283. The topological polar surface area (TPSA) is 129 Å². The van der Waals surface area contributed by atoms with Crippen molar-refractivity contribution < 1.29 is 45.4 Å². The second-order valence-electron chi connectivity index (χ2n) is 13.2. The Morgan fingerprint density at radius 2 is 1.69 bits per heavy atom. The normalized spacial score (nSPS) is 19.7. The first kappa shape index (κ1) is 36.5. The van der Waals surface area contributed by atoms with Crippen molar-refractivity contribution in [2.75, 3.05) is 32.8 Å². The maximum absolute atomic E-state index is 14.3. The van der Waals surface area contributed by atoms with E-state index in [1.165, 1.54) is 22.5 Å². The molecule has 266 valence electrons. The molecule has 10 nitrogen and oxygen atoms in total. The fourth-order valence-corrected chi connectivity index (χ4v) is 7.47. The third-order valence-corrected chi connectivity index (χ3v) is 10.9. The Labute approximate surface area is 282 Å². The smallest absolute Gasteiger partial charge is 0.389 e. The van der Waals surface area contributed by atoms with Gasteiger partial charge in [-0.15, -0.1) is 0 Å². The van der Waals surface area contributed by atoms with Crippen molar-refractivity contribution in [3.05, 3.63) is 69.4 Å². The molecule has 3 aliphatic heterocycles. The summed E-state index contributed by atoms with van der Waals surface area (Å²) in [5, 5.41) is 14.0. The molecule has 0 radical (unpaired) electrons. The minimum atomic E-state index is -4.35. The maximum atomic E-state index is 14.3. The van der Waals surface area contributed by atoms with Crippen molar-refractivity contribution in [3.8, 4) is 5.75 Å². The van der Waals surface area contributed by atoms with Crippen LogP contribution in [0, 0.1) is 19.7 Å². The summed E-state index contributed by atoms with van der Waals surface area (Å²) >= 11 is 0. The number of aliphatic imine (C=N–C) groups is 1. The number of piperidine rings is 2. The summed E-state index contributed by atoms with van der Waals surface area (Å²) in [6.45, 7) is 5.96. The predicted octanol–water partition coefficient (Wildman–Crippen LogP) is 4.86. The predicted molar refractivity (Wildman–Crippen MR) is 175 cm³/mol. The van der Waals surface area contributed by atoms with Crippen LogP contribution >= 0.6 is 0 Å². The van der Waals surface area contributed by atoms with E-state index in [4.69, 9.17) is 4.74 Å². The van der Waals surface area contributed by atoms with Crippen molar-refractivity contribution in [2.45, 2.75) is 76.6 Å². The summed E-state index contributed by atoms with van der Waals surface area (Å²) in [6, 6.07) is 7.17. The third-order valence-electron chi connectivity index (χ3n) is 9.33. The molecule has 49 heavy (non-hydrogen) atoms. The van der Waals surface area contributed by atoms with Crippen molar-refractivity contribution in [2.24, 2.45) is 4.99 Å². The molecule has 3 aliphatic rings. The number of likely N-dealkylation sites (tertiary alicyclic amines) is 1. The third kappa shape index (κ3) is 8.50. The minimum Gasteiger partial charge on any atom is -0.490 e. The average Bonchev–Trinajstić information content (AvgIpc) is 3.33. The van der Waals surface area contributed by atoms with E-state index in [1.54, 1.807) is 37.8 Å². The highest BCUT2D eigenvalue weighted by Crippen LogP contribution is 2.33. The maximum Gasteiger partial charge on any atom is 0.389 e. The SMILES string of the molecule is Cc1cc(C(=O)N2CCC(C)(O)CC2)cc(C)c1/C=C/S(=O)(=O)N1CCC2(CC1)N=C(c1ccc(F)c(OCCCC(F)(F)F)c1)NC2=O. The molecule has 2 fully saturated rings. The van der Waals surface area contributed by atoms with Crippen LogP contribution in [0.3, 0.4) is 0 Å². The molecular formula is C34H40F4N4O6S. The van der Waals surface area contributed by atoms with E-state index in [9.17, 15) is 40.7 Å². The number of amides is 2.